The summed E-state index contributed by atoms with van der Waals surface area (Å²) >= 11 is 0. The lowest BCUT2D eigenvalue weighted by Crippen LogP contribution is -2.20. The van der Waals surface area contributed by atoms with E-state index in [4.69, 9.17) is 4.74 Å². The average Bonchev–Trinajstić information content (AvgIpc) is 3.23. The fourth-order valence-corrected chi connectivity index (χ4v) is 2.26. The smallest absolute Gasteiger partial charge is 0.350 e. The van der Waals surface area contributed by atoms with Gasteiger partial charge in [0.1, 0.15) is 24.9 Å². The normalized spacial score (nSPS) is 10.6. The molecule has 0 fully saturated rings. The Balaban J connectivity index is 1.61. The number of hydrogen-bond acceptors (Lipinski definition) is 7. The number of nitro groups is 1. The van der Waals surface area contributed by atoms with Gasteiger partial charge in [-0.1, -0.05) is 12.1 Å². The predicted octanol–water partition coefficient (Wildman–Crippen LogP) is 1.22. The molecular weight excluding hydrogens is 361 g/mol. The number of anilines is 1. The van der Waals surface area contributed by atoms with Crippen molar-refractivity contribution in [1.29, 1.82) is 0 Å². The number of amides is 1. The van der Waals surface area contributed by atoms with Crippen molar-refractivity contribution in [1.82, 2.24) is 24.5 Å². The summed E-state index contributed by atoms with van der Waals surface area (Å²) in [5.41, 5.74) is 0.474. The monoisotopic (exact) mass is 375 g/mol. The molecule has 1 N–H and O–H groups in total. The Hall–Kier alpha value is -3.83. The second-order valence-electron chi connectivity index (χ2n) is 5.42. The molecule has 2 heterocycles. The Morgan fingerprint density at radius 1 is 1.30 bits per heavy atom. The summed E-state index contributed by atoms with van der Waals surface area (Å²) in [5, 5.41) is 21.2. The van der Waals surface area contributed by atoms with Crippen molar-refractivity contribution in [2.24, 2.45) is 0 Å². The highest BCUT2D eigenvalue weighted by Gasteiger charge is 2.21. The summed E-state index contributed by atoms with van der Waals surface area (Å²) in [5.74, 6) is -0.972. The SMILES string of the molecule is COc1nn(CC(=O)Nc2ncn(Cc3ccc(F)cc3)n2)cc1[N+](=O)[O-]. The molecule has 0 aliphatic heterocycles. The van der Waals surface area contributed by atoms with Crippen molar-refractivity contribution < 1.29 is 18.8 Å². The molecule has 1 aromatic carbocycles. The van der Waals surface area contributed by atoms with Crippen LogP contribution >= 0.6 is 0 Å². The Morgan fingerprint density at radius 3 is 2.67 bits per heavy atom. The molecule has 0 saturated heterocycles. The summed E-state index contributed by atoms with van der Waals surface area (Å²) in [4.78, 5) is 26.2. The lowest BCUT2D eigenvalue weighted by Gasteiger charge is -2.02. The third kappa shape index (κ3) is 4.42. The van der Waals surface area contributed by atoms with E-state index in [1.54, 1.807) is 12.1 Å². The minimum atomic E-state index is -0.654. The van der Waals surface area contributed by atoms with Crippen LogP contribution in [0.3, 0.4) is 0 Å². The minimum absolute atomic E-state index is 0.0655. The fraction of sp³-hybridized carbons (Fsp3) is 0.200. The highest BCUT2D eigenvalue weighted by atomic mass is 19.1. The van der Waals surface area contributed by atoms with E-state index in [0.717, 1.165) is 16.4 Å². The summed E-state index contributed by atoms with van der Waals surface area (Å²) in [6.45, 7) is 0.0718. The van der Waals surface area contributed by atoms with Crippen LogP contribution in [0.25, 0.3) is 0 Å². The van der Waals surface area contributed by atoms with Crippen LogP contribution in [0.15, 0.2) is 36.8 Å². The third-order valence-electron chi connectivity index (χ3n) is 3.45. The first-order chi connectivity index (χ1) is 12.9. The van der Waals surface area contributed by atoms with E-state index >= 15 is 0 Å². The summed E-state index contributed by atoms with van der Waals surface area (Å²) in [6.07, 6.45) is 2.51. The lowest BCUT2D eigenvalue weighted by atomic mass is 10.2. The zero-order chi connectivity index (χ0) is 19.4. The van der Waals surface area contributed by atoms with Crippen molar-refractivity contribution in [3.63, 3.8) is 0 Å². The van der Waals surface area contributed by atoms with Gasteiger partial charge in [0.25, 0.3) is 0 Å². The van der Waals surface area contributed by atoms with E-state index in [-0.39, 0.29) is 29.9 Å². The first-order valence-electron chi connectivity index (χ1n) is 7.64. The number of carbonyl (C=O) groups excluding carboxylic acids is 1. The Morgan fingerprint density at radius 2 is 2.04 bits per heavy atom. The van der Waals surface area contributed by atoms with Gasteiger partial charge in [-0.25, -0.2) is 14.1 Å². The molecule has 3 rings (SSSR count). The summed E-state index contributed by atoms with van der Waals surface area (Å²) < 4.78 is 20.3. The highest BCUT2D eigenvalue weighted by molar-refractivity contribution is 5.88. The van der Waals surface area contributed by atoms with Gasteiger partial charge in [-0.05, 0) is 17.7 Å². The molecular formula is C15H14FN7O4. The van der Waals surface area contributed by atoms with Gasteiger partial charge in [-0.3, -0.25) is 24.9 Å². The van der Waals surface area contributed by atoms with Crippen molar-refractivity contribution >= 4 is 17.5 Å². The quantitative estimate of drug-likeness (QED) is 0.485. The van der Waals surface area contributed by atoms with Crippen LogP contribution in [-0.2, 0) is 17.9 Å². The van der Waals surface area contributed by atoms with Gasteiger partial charge in [0.15, 0.2) is 0 Å². The molecule has 0 saturated carbocycles. The van der Waals surface area contributed by atoms with Gasteiger partial charge in [-0.2, -0.15) is 0 Å². The van der Waals surface area contributed by atoms with Crippen molar-refractivity contribution in [3.8, 4) is 5.88 Å². The Labute approximate surface area is 151 Å². The number of halogens is 1. The molecule has 0 atom stereocenters. The second-order valence-corrected chi connectivity index (χ2v) is 5.42. The number of aromatic nitrogens is 5. The van der Waals surface area contributed by atoms with Crippen LogP contribution in [0.5, 0.6) is 5.88 Å². The maximum absolute atomic E-state index is 12.9. The number of carbonyl (C=O) groups is 1. The second kappa shape index (κ2) is 7.59. The fourth-order valence-electron chi connectivity index (χ4n) is 2.26. The zero-order valence-electron chi connectivity index (χ0n) is 14.1. The Bertz CT molecular complexity index is 967. The maximum atomic E-state index is 12.9. The first-order valence-corrected chi connectivity index (χ1v) is 7.64. The number of nitrogens with one attached hydrogen (secondary N) is 1. The van der Waals surface area contributed by atoms with Crippen LogP contribution in [0.4, 0.5) is 16.0 Å². The maximum Gasteiger partial charge on any atom is 0.350 e. The summed E-state index contributed by atoms with van der Waals surface area (Å²) in [7, 11) is 1.25. The van der Waals surface area contributed by atoms with Gasteiger partial charge in [0, 0.05) is 0 Å². The molecule has 0 bridgehead atoms. The molecule has 0 spiro atoms. The van der Waals surface area contributed by atoms with Gasteiger partial charge in [-0.15, -0.1) is 10.2 Å². The number of nitrogens with zero attached hydrogens (tertiary/aromatic N) is 6. The van der Waals surface area contributed by atoms with Crippen LogP contribution in [0.2, 0.25) is 0 Å². The average molecular weight is 375 g/mol. The third-order valence-corrected chi connectivity index (χ3v) is 3.45. The number of rotatable bonds is 7. The largest absolute Gasteiger partial charge is 0.475 e. The van der Waals surface area contributed by atoms with E-state index in [0.29, 0.717) is 6.54 Å². The van der Waals surface area contributed by atoms with Crippen LogP contribution in [-0.4, -0.2) is 42.5 Å². The molecule has 0 radical (unpaired) electrons. The number of benzene rings is 1. The molecule has 12 heteroatoms. The van der Waals surface area contributed by atoms with Gasteiger partial charge >= 0.3 is 11.6 Å². The highest BCUT2D eigenvalue weighted by Crippen LogP contribution is 2.23. The Kier molecular flexibility index (Phi) is 5.06. The summed E-state index contributed by atoms with van der Waals surface area (Å²) in [6, 6.07) is 5.92. The van der Waals surface area contributed by atoms with Gasteiger partial charge < -0.3 is 4.74 Å². The molecule has 0 aliphatic carbocycles. The van der Waals surface area contributed by atoms with E-state index < -0.39 is 10.8 Å². The van der Waals surface area contributed by atoms with Crippen LogP contribution in [0.1, 0.15) is 5.56 Å². The van der Waals surface area contributed by atoms with E-state index in [2.05, 4.69) is 20.5 Å². The molecule has 3 aromatic rings. The van der Waals surface area contributed by atoms with Gasteiger partial charge in [0.05, 0.1) is 18.6 Å². The molecule has 140 valence electrons. The first kappa shape index (κ1) is 18.0. The van der Waals surface area contributed by atoms with Crippen molar-refractivity contribution in [3.05, 3.63) is 58.3 Å². The lowest BCUT2D eigenvalue weighted by molar-refractivity contribution is -0.385. The van der Waals surface area contributed by atoms with Crippen LogP contribution in [0, 0.1) is 15.9 Å². The van der Waals surface area contributed by atoms with E-state index in [9.17, 15) is 19.3 Å². The van der Waals surface area contributed by atoms with E-state index in [1.807, 2.05) is 0 Å². The molecule has 11 nitrogen and oxygen atoms in total. The van der Waals surface area contributed by atoms with Crippen molar-refractivity contribution in [2.75, 3.05) is 12.4 Å². The zero-order valence-corrected chi connectivity index (χ0v) is 14.1. The minimum Gasteiger partial charge on any atom is -0.475 e. The molecule has 0 unspecified atom stereocenters. The molecule has 2 aromatic heterocycles. The van der Waals surface area contributed by atoms with Gasteiger partial charge in [0.2, 0.25) is 11.9 Å². The number of ether oxygens (including phenoxy) is 1. The standard InChI is InChI=1S/C15H14FN7O4/c1-27-14-12(23(25)26)7-21(19-14)8-13(24)18-15-17-9-22(20-15)6-10-2-4-11(16)5-3-10/h2-5,7,9H,6,8H2,1H3,(H,18,20,24). The molecule has 1 amide bonds. The van der Waals surface area contributed by atoms with Crippen molar-refractivity contribution in [2.45, 2.75) is 13.1 Å². The molecule has 27 heavy (non-hydrogen) atoms. The number of hydrogen-bond donors (Lipinski definition) is 1. The predicted molar refractivity (Wildman–Crippen MR) is 89.6 cm³/mol. The molecule has 0 aliphatic rings. The van der Waals surface area contributed by atoms with E-state index in [1.165, 1.54) is 30.3 Å². The number of methoxy groups -OCH3 is 1. The van der Waals surface area contributed by atoms with Crippen LogP contribution < -0.4 is 10.1 Å². The topological polar surface area (TPSA) is 130 Å².